The molecule has 3 rings (SSSR count). The van der Waals surface area contributed by atoms with E-state index in [0.29, 0.717) is 22.7 Å². The van der Waals surface area contributed by atoms with Crippen LogP contribution in [0.2, 0.25) is 5.02 Å². The highest BCUT2D eigenvalue weighted by Crippen LogP contribution is 2.37. The Bertz CT molecular complexity index is 454. The van der Waals surface area contributed by atoms with Crippen LogP contribution in [0.1, 0.15) is 19.3 Å². The second-order valence-electron chi connectivity index (χ2n) is 5.38. The third-order valence-corrected chi connectivity index (χ3v) is 4.45. The van der Waals surface area contributed by atoms with Crippen molar-refractivity contribution in [3.05, 3.63) is 23.1 Å². The number of aromatic nitrogens is 1. The molecule has 0 amide bonds. The van der Waals surface area contributed by atoms with Crippen molar-refractivity contribution in [3.8, 4) is 0 Å². The first kappa shape index (κ1) is 12.2. The standard InChI is InChI=1S/C13H17ClFN3/c14-9-4-11(15)13(17-5-9)18-6-8-2-1-3-12(16)10(8)7-18/h4-5,8,10,12H,1-3,6-7,16H2. The van der Waals surface area contributed by atoms with E-state index in [0.717, 1.165) is 19.5 Å². The van der Waals surface area contributed by atoms with Crippen molar-refractivity contribution in [1.82, 2.24) is 4.98 Å². The van der Waals surface area contributed by atoms with Crippen molar-refractivity contribution in [2.45, 2.75) is 25.3 Å². The lowest BCUT2D eigenvalue weighted by Crippen LogP contribution is -2.38. The average molecular weight is 270 g/mol. The third-order valence-electron chi connectivity index (χ3n) is 4.24. The number of anilines is 1. The maximum absolute atomic E-state index is 13.9. The summed E-state index contributed by atoms with van der Waals surface area (Å²) in [5.41, 5.74) is 6.16. The zero-order chi connectivity index (χ0) is 12.7. The predicted molar refractivity (Wildman–Crippen MR) is 70.2 cm³/mol. The SMILES string of the molecule is NC1CCCC2CN(c3ncc(Cl)cc3F)CC12. The van der Waals surface area contributed by atoms with Crippen molar-refractivity contribution < 1.29 is 4.39 Å². The van der Waals surface area contributed by atoms with E-state index in [1.807, 2.05) is 4.90 Å². The van der Waals surface area contributed by atoms with Crippen molar-refractivity contribution >= 4 is 17.4 Å². The monoisotopic (exact) mass is 269 g/mol. The zero-order valence-electron chi connectivity index (χ0n) is 10.1. The van der Waals surface area contributed by atoms with Gasteiger partial charge >= 0.3 is 0 Å². The molecule has 2 heterocycles. The lowest BCUT2D eigenvalue weighted by atomic mass is 9.78. The predicted octanol–water partition coefficient (Wildman–Crippen LogP) is 2.44. The van der Waals surface area contributed by atoms with E-state index < -0.39 is 0 Å². The minimum Gasteiger partial charge on any atom is -0.354 e. The van der Waals surface area contributed by atoms with Crippen LogP contribution in [0.3, 0.4) is 0 Å². The summed E-state index contributed by atoms with van der Waals surface area (Å²) in [5, 5.41) is 0.338. The maximum atomic E-state index is 13.9. The van der Waals surface area contributed by atoms with Gasteiger partial charge in [0.05, 0.1) is 5.02 Å². The Morgan fingerprint density at radius 1 is 1.39 bits per heavy atom. The van der Waals surface area contributed by atoms with Gasteiger partial charge < -0.3 is 10.6 Å². The molecular formula is C13H17ClFN3. The van der Waals surface area contributed by atoms with E-state index in [9.17, 15) is 4.39 Å². The number of fused-ring (bicyclic) bond motifs is 1. The Labute approximate surface area is 111 Å². The molecule has 18 heavy (non-hydrogen) atoms. The molecule has 1 aliphatic heterocycles. The highest BCUT2D eigenvalue weighted by atomic mass is 35.5. The van der Waals surface area contributed by atoms with Crippen LogP contribution in [0.25, 0.3) is 0 Å². The van der Waals surface area contributed by atoms with E-state index in [2.05, 4.69) is 4.98 Å². The normalized spacial score (nSPS) is 31.5. The number of nitrogens with two attached hydrogens (primary N) is 1. The molecule has 2 N–H and O–H groups in total. The zero-order valence-corrected chi connectivity index (χ0v) is 10.9. The van der Waals surface area contributed by atoms with Gasteiger partial charge in [0.15, 0.2) is 11.6 Å². The summed E-state index contributed by atoms with van der Waals surface area (Å²) in [6.07, 6.45) is 4.98. The minimum absolute atomic E-state index is 0.254. The van der Waals surface area contributed by atoms with Gasteiger partial charge in [-0.3, -0.25) is 0 Å². The van der Waals surface area contributed by atoms with Gasteiger partial charge in [0.25, 0.3) is 0 Å². The van der Waals surface area contributed by atoms with E-state index in [-0.39, 0.29) is 11.9 Å². The van der Waals surface area contributed by atoms with Gasteiger partial charge in [0.1, 0.15) is 0 Å². The van der Waals surface area contributed by atoms with Crippen LogP contribution in [0.15, 0.2) is 12.3 Å². The van der Waals surface area contributed by atoms with Crippen molar-refractivity contribution in [2.24, 2.45) is 17.6 Å². The fourth-order valence-electron chi connectivity index (χ4n) is 3.33. The Hall–Kier alpha value is -0.870. The first-order chi connectivity index (χ1) is 8.65. The van der Waals surface area contributed by atoms with Gasteiger partial charge in [-0.15, -0.1) is 0 Å². The van der Waals surface area contributed by atoms with Gasteiger partial charge in [-0.25, -0.2) is 9.37 Å². The van der Waals surface area contributed by atoms with Crippen LogP contribution < -0.4 is 10.6 Å². The lowest BCUT2D eigenvalue weighted by molar-refractivity contribution is 0.260. The van der Waals surface area contributed by atoms with Crippen molar-refractivity contribution in [2.75, 3.05) is 18.0 Å². The largest absolute Gasteiger partial charge is 0.354 e. The summed E-state index contributed by atoms with van der Waals surface area (Å²) in [4.78, 5) is 6.14. The summed E-state index contributed by atoms with van der Waals surface area (Å²) in [6.45, 7) is 1.68. The molecule has 1 aliphatic carbocycles. The number of nitrogens with zero attached hydrogens (tertiary/aromatic N) is 2. The quantitative estimate of drug-likeness (QED) is 0.851. The second kappa shape index (κ2) is 4.67. The molecule has 98 valence electrons. The van der Waals surface area contributed by atoms with E-state index in [4.69, 9.17) is 17.3 Å². The van der Waals surface area contributed by atoms with E-state index >= 15 is 0 Å². The molecule has 2 fully saturated rings. The molecule has 1 aromatic rings. The number of hydrogen-bond donors (Lipinski definition) is 1. The van der Waals surface area contributed by atoms with Crippen LogP contribution >= 0.6 is 11.6 Å². The molecule has 0 spiro atoms. The van der Waals surface area contributed by atoms with Crippen molar-refractivity contribution in [3.63, 3.8) is 0 Å². The van der Waals surface area contributed by atoms with Crippen LogP contribution in [0, 0.1) is 17.7 Å². The van der Waals surface area contributed by atoms with Crippen LogP contribution in [0.4, 0.5) is 10.2 Å². The second-order valence-corrected chi connectivity index (χ2v) is 5.82. The van der Waals surface area contributed by atoms with Gasteiger partial charge in [0, 0.05) is 25.3 Å². The summed E-state index contributed by atoms with van der Waals surface area (Å²) < 4.78 is 13.9. The van der Waals surface area contributed by atoms with Crippen LogP contribution in [0.5, 0.6) is 0 Å². The number of hydrogen-bond acceptors (Lipinski definition) is 3. The van der Waals surface area contributed by atoms with E-state index in [1.165, 1.54) is 25.1 Å². The summed E-state index contributed by atoms with van der Waals surface area (Å²) >= 11 is 5.73. The van der Waals surface area contributed by atoms with Crippen molar-refractivity contribution in [1.29, 1.82) is 0 Å². The first-order valence-corrected chi connectivity index (χ1v) is 6.84. The molecule has 2 aliphatic rings. The van der Waals surface area contributed by atoms with Gasteiger partial charge in [-0.1, -0.05) is 18.0 Å². The molecule has 0 radical (unpaired) electrons. The Morgan fingerprint density at radius 2 is 2.22 bits per heavy atom. The topological polar surface area (TPSA) is 42.1 Å². The number of rotatable bonds is 1. The van der Waals surface area contributed by atoms with E-state index in [1.54, 1.807) is 0 Å². The summed E-state index contributed by atoms with van der Waals surface area (Å²) in [6, 6.07) is 1.58. The molecule has 1 saturated carbocycles. The molecule has 1 aromatic heterocycles. The average Bonchev–Trinajstić information content (AvgIpc) is 2.74. The fraction of sp³-hybridized carbons (Fsp3) is 0.615. The van der Waals surface area contributed by atoms with Crippen LogP contribution in [-0.2, 0) is 0 Å². The minimum atomic E-state index is -0.338. The highest BCUT2D eigenvalue weighted by molar-refractivity contribution is 6.30. The van der Waals surface area contributed by atoms with Crippen LogP contribution in [-0.4, -0.2) is 24.1 Å². The van der Waals surface area contributed by atoms with Gasteiger partial charge in [-0.05, 0) is 30.7 Å². The fourth-order valence-corrected chi connectivity index (χ4v) is 3.47. The number of pyridine rings is 1. The Kier molecular flexibility index (Phi) is 3.16. The summed E-state index contributed by atoms with van der Waals surface area (Å²) in [7, 11) is 0. The molecule has 3 unspecified atom stereocenters. The smallest absolute Gasteiger partial charge is 0.167 e. The molecule has 3 atom stereocenters. The summed E-state index contributed by atoms with van der Waals surface area (Å²) in [5.74, 6) is 1.15. The molecule has 0 aromatic carbocycles. The molecule has 1 saturated heterocycles. The lowest BCUT2D eigenvalue weighted by Gasteiger charge is -2.29. The Balaban J connectivity index is 1.82. The Morgan fingerprint density at radius 3 is 2.94 bits per heavy atom. The first-order valence-electron chi connectivity index (χ1n) is 6.46. The van der Waals surface area contributed by atoms with Gasteiger partial charge in [-0.2, -0.15) is 0 Å². The molecular weight excluding hydrogens is 253 g/mol. The maximum Gasteiger partial charge on any atom is 0.167 e. The molecule has 5 heteroatoms. The number of halogens is 2. The third kappa shape index (κ3) is 2.08. The highest BCUT2D eigenvalue weighted by Gasteiger charge is 2.39. The van der Waals surface area contributed by atoms with Gasteiger partial charge in [0.2, 0.25) is 0 Å². The molecule has 3 nitrogen and oxygen atoms in total. The molecule has 0 bridgehead atoms.